The van der Waals surface area contributed by atoms with Crippen LogP contribution < -0.4 is 0 Å². The molecule has 0 saturated heterocycles. The molecule has 3 atom stereocenters. The third-order valence-corrected chi connectivity index (χ3v) is 6.38. The maximum Gasteiger partial charge on any atom is 0.119 e. The zero-order chi connectivity index (χ0) is 16.1. The Bertz CT molecular complexity index is 642. The summed E-state index contributed by atoms with van der Waals surface area (Å²) in [5, 5.41) is 20.2. The van der Waals surface area contributed by atoms with Gasteiger partial charge in [-0.15, -0.1) is 0 Å². The molecule has 2 nitrogen and oxygen atoms in total. The maximum atomic E-state index is 10.5. The van der Waals surface area contributed by atoms with Gasteiger partial charge < -0.3 is 5.11 Å². The number of hydrogen-bond acceptors (Lipinski definition) is 2. The van der Waals surface area contributed by atoms with Crippen molar-refractivity contribution in [1.29, 1.82) is 5.26 Å². The van der Waals surface area contributed by atoms with Crippen LogP contribution in [0.5, 0.6) is 5.75 Å². The number of rotatable bonds is 1. The molecule has 3 rings (SSSR count). The van der Waals surface area contributed by atoms with Crippen molar-refractivity contribution in [3.05, 3.63) is 28.8 Å². The van der Waals surface area contributed by atoms with E-state index in [1.807, 2.05) is 6.07 Å². The Hall–Kier alpha value is -1.49. The van der Waals surface area contributed by atoms with Crippen LogP contribution in [0.25, 0.3) is 0 Å². The summed E-state index contributed by atoms with van der Waals surface area (Å²) in [7, 11) is 0. The SMILES string of the molecule is CC(C)c1cc2c(cc1O)C1(C)CCCC(C)(C#N)C1CC2. The number of phenols is 1. The highest BCUT2D eigenvalue weighted by Crippen LogP contribution is 2.57. The molecule has 1 aromatic carbocycles. The lowest BCUT2D eigenvalue weighted by atomic mass is 9.50. The molecular formula is C20H27NO. The normalized spacial score (nSPS) is 33.9. The molecule has 0 amide bonds. The third-order valence-electron chi connectivity index (χ3n) is 6.38. The van der Waals surface area contributed by atoms with Crippen LogP contribution in [0.2, 0.25) is 0 Å². The molecule has 2 heteroatoms. The van der Waals surface area contributed by atoms with Gasteiger partial charge >= 0.3 is 0 Å². The summed E-state index contributed by atoms with van der Waals surface area (Å²) < 4.78 is 0. The first-order valence-electron chi connectivity index (χ1n) is 8.59. The highest BCUT2D eigenvalue weighted by atomic mass is 16.3. The van der Waals surface area contributed by atoms with Crippen molar-refractivity contribution in [2.24, 2.45) is 11.3 Å². The average Bonchev–Trinajstić information content (AvgIpc) is 2.47. The van der Waals surface area contributed by atoms with Crippen molar-refractivity contribution in [3.8, 4) is 11.8 Å². The number of phenolic OH excluding ortho intramolecular Hbond substituents is 1. The van der Waals surface area contributed by atoms with Gasteiger partial charge in [0.15, 0.2) is 0 Å². The van der Waals surface area contributed by atoms with Gasteiger partial charge in [0.1, 0.15) is 5.75 Å². The minimum atomic E-state index is -0.225. The lowest BCUT2D eigenvalue weighted by Crippen LogP contribution is -2.48. The van der Waals surface area contributed by atoms with Gasteiger partial charge in [-0.2, -0.15) is 5.26 Å². The predicted octanol–water partition coefficient (Wildman–Crippen LogP) is 5.05. The first kappa shape index (κ1) is 15.4. The molecule has 3 unspecified atom stereocenters. The van der Waals surface area contributed by atoms with Crippen molar-refractivity contribution in [1.82, 2.24) is 0 Å². The van der Waals surface area contributed by atoms with Crippen molar-refractivity contribution < 1.29 is 5.11 Å². The van der Waals surface area contributed by atoms with Crippen LogP contribution in [0.4, 0.5) is 0 Å². The second-order valence-corrected chi connectivity index (χ2v) is 8.11. The Morgan fingerprint density at radius 3 is 2.64 bits per heavy atom. The summed E-state index contributed by atoms with van der Waals surface area (Å²) in [4.78, 5) is 0. The Balaban J connectivity index is 2.13. The fourth-order valence-corrected chi connectivity index (χ4v) is 5.12. The topological polar surface area (TPSA) is 44.0 Å². The van der Waals surface area contributed by atoms with Crippen molar-refractivity contribution in [2.45, 2.75) is 71.1 Å². The lowest BCUT2D eigenvalue weighted by Gasteiger charge is -2.53. The number of nitriles is 1. The number of nitrogens with zero attached hydrogens (tertiary/aromatic N) is 1. The maximum absolute atomic E-state index is 10.5. The first-order valence-corrected chi connectivity index (χ1v) is 8.59. The van der Waals surface area contributed by atoms with E-state index in [9.17, 15) is 10.4 Å². The standard InChI is InChI=1S/C20H27NO/c1-13(2)15-10-14-6-7-18-19(3,12-21)8-5-9-20(18,4)16(14)11-17(15)22/h10-11,13,18,22H,5-9H2,1-4H3. The van der Waals surface area contributed by atoms with E-state index in [-0.39, 0.29) is 10.8 Å². The van der Waals surface area contributed by atoms with E-state index in [1.54, 1.807) is 0 Å². The summed E-state index contributed by atoms with van der Waals surface area (Å²) >= 11 is 0. The van der Waals surface area contributed by atoms with E-state index in [2.05, 4.69) is 39.8 Å². The molecule has 0 bridgehead atoms. The molecule has 1 N–H and O–H groups in total. The van der Waals surface area contributed by atoms with Crippen LogP contribution in [-0.2, 0) is 11.8 Å². The average molecular weight is 297 g/mol. The molecule has 0 radical (unpaired) electrons. The summed E-state index contributed by atoms with van der Waals surface area (Å²) in [6.07, 6.45) is 5.36. The molecule has 1 fully saturated rings. The predicted molar refractivity (Wildman–Crippen MR) is 88.9 cm³/mol. The molecule has 2 aliphatic rings. The van der Waals surface area contributed by atoms with Crippen molar-refractivity contribution in [2.75, 3.05) is 0 Å². The van der Waals surface area contributed by atoms with Gasteiger partial charge in [-0.3, -0.25) is 0 Å². The summed E-state index contributed by atoms with van der Waals surface area (Å²) in [5.74, 6) is 1.17. The Morgan fingerprint density at radius 2 is 2.00 bits per heavy atom. The molecule has 0 aromatic heterocycles. The largest absolute Gasteiger partial charge is 0.508 e. The van der Waals surface area contributed by atoms with Gasteiger partial charge in [0.2, 0.25) is 0 Å². The van der Waals surface area contributed by atoms with Gasteiger partial charge in [-0.25, -0.2) is 0 Å². The van der Waals surface area contributed by atoms with Crippen LogP contribution in [0, 0.1) is 22.7 Å². The molecular weight excluding hydrogens is 270 g/mol. The van der Waals surface area contributed by atoms with E-state index < -0.39 is 0 Å². The minimum absolute atomic E-state index is 0.0311. The minimum Gasteiger partial charge on any atom is -0.508 e. The van der Waals surface area contributed by atoms with E-state index >= 15 is 0 Å². The molecule has 1 saturated carbocycles. The number of fused-ring (bicyclic) bond motifs is 3. The number of hydrogen-bond donors (Lipinski definition) is 1. The quantitative estimate of drug-likeness (QED) is 0.788. The second-order valence-electron chi connectivity index (χ2n) is 8.11. The van der Waals surface area contributed by atoms with Gasteiger partial charge in [-0.05, 0) is 72.6 Å². The molecule has 22 heavy (non-hydrogen) atoms. The lowest BCUT2D eigenvalue weighted by molar-refractivity contribution is 0.0686. The highest BCUT2D eigenvalue weighted by molar-refractivity contribution is 5.49. The molecule has 2 aliphatic carbocycles. The number of aryl methyl sites for hydroxylation is 1. The van der Waals surface area contributed by atoms with Crippen molar-refractivity contribution in [3.63, 3.8) is 0 Å². The summed E-state index contributed by atoms with van der Waals surface area (Å²) in [5.41, 5.74) is 3.55. The van der Waals surface area contributed by atoms with Gasteiger partial charge in [0.05, 0.1) is 11.5 Å². The van der Waals surface area contributed by atoms with Crippen LogP contribution >= 0.6 is 0 Å². The van der Waals surface area contributed by atoms with E-state index in [1.165, 1.54) is 11.1 Å². The molecule has 0 aliphatic heterocycles. The van der Waals surface area contributed by atoms with Crippen LogP contribution in [-0.4, -0.2) is 5.11 Å². The van der Waals surface area contributed by atoms with Crippen LogP contribution in [0.1, 0.15) is 76.0 Å². The van der Waals surface area contributed by atoms with Crippen molar-refractivity contribution >= 4 is 0 Å². The summed E-state index contributed by atoms with van der Waals surface area (Å²) in [6, 6.07) is 6.85. The highest BCUT2D eigenvalue weighted by Gasteiger charge is 2.52. The van der Waals surface area contributed by atoms with Gasteiger partial charge in [0.25, 0.3) is 0 Å². The number of aromatic hydroxyl groups is 1. The molecule has 0 heterocycles. The fraction of sp³-hybridized carbons (Fsp3) is 0.650. The Labute approximate surface area is 134 Å². The smallest absolute Gasteiger partial charge is 0.119 e. The van der Waals surface area contributed by atoms with E-state index in [4.69, 9.17) is 0 Å². The number of benzene rings is 1. The Kier molecular flexibility index (Phi) is 3.51. The van der Waals surface area contributed by atoms with E-state index in [0.717, 1.165) is 37.7 Å². The Morgan fingerprint density at radius 1 is 1.27 bits per heavy atom. The fourth-order valence-electron chi connectivity index (χ4n) is 5.12. The van der Waals surface area contributed by atoms with E-state index in [0.29, 0.717) is 17.6 Å². The molecule has 1 aromatic rings. The van der Waals surface area contributed by atoms with Crippen LogP contribution in [0.3, 0.4) is 0 Å². The first-order chi connectivity index (χ1) is 10.3. The van der Waals surface area contributed by atoms with Gasteiger partial charge in [0, 0.05) is 0 Å². The third kappa shape index (κ3) is 2.06. The zero-order valence-corrected chi connectivity index (χ0v) is 14.2. The molecule has 0 spiro atoms. The zero-order valence-electron chi connectivity index (χ0n) is 14.2. The summed E-state index contributed by atoms with van der Waals surface area (Å²) in [6.45, 7) is 8.71. The van der Waals surface area contributed by atoms with Gasteiger partial charge in [-0.1, -0.05) is 33.3 Å². The second kappa shape index (κ2) is 5.01. The molecule has 118 valence electrons. The van der Waals surface area contributed by atoms with Crippen LogP contribution in [0.15, 0.2) is 12.1 Å². The monoisotopic (exact) mass is 297 g/mol.